The van der Waals surface area contributed by atoms with E-state index in [2.05, 4.69) is 17.4 Å². The highest BCUT2D eigenvalue weighted by atomic mass is 16.5. The van der Waals surface area contributed by atoms with E-state index >= 15 is 0 Å². The molecule has 1 heterocycles. The molecule has 7 nitrogen and oxygen atoms in total. The predicted molar refractivity (Wildman–Crippen MR) is 124 cm³/mol. The fraction of sp³-hybridized carbons (Fsp3) is 0.423. The standard InChI is InChI=1S/C26H30N2O5/c1-3-8-22(24(29)28-14-13-16(2)23(28)25(30)31)27-26(32)33-15-21-19-11-6-4-9-17(19)18-10-5-7-12-20(18)21/h4-7,9-12,16,21-23H,3,8,13-15H2,1-2H3,(H,27,32)(H,30,31)/t16?,22-,23?/m1/s1. The predicted octanol–water partition coefficient (Wildman–Crippen LogP) is 4.02. The Kier molecular flexibility index (Phi) is 6.67. The van der Waals surface area contributed by atoms with Crippen LogP contribution in [-0.2, 0) is 14.3 Å². The van der Waals surface area contributed by atoms with E-state index in [4.69, 9.17) is 4.74 Å². The van der Waals surface area contributed by atoms with Crippen LogP contribution < -0.4 is 5.32 Å². The Morgan fingerprint density at radius 2 is 1.70 bits per heavy atom. The van der Waals surface area contributed by atoms with Gasteiger partial charge in [-0.05, 0) is 41.0 Å². The maximum absolute atomic E-state index is 13.1. The van der Waals surface area contributed by atoms with Crippen molar-refractivity contribution in [3.63, 3.8) is 0 Å². The van der Waals surface area contributed by atoms with Crippen molar-refractivity contribution in [1.82, 2.24) is 10.2 Å². The number of carbonyl (C=O) groups excluding carboxylic acids is 2. The molecule has 174 valence electrons. The van der Waals surface area contributed by atoms with Crippen molar-refractivity contribution < 1.29 is 24.2 Å². The maximum Gasteiger partial charge on any atom is 0.407 e. The third-order valence-corrected chi connectivity index (χ3v) is 6.75. The quantitative estimate of drug-likeness (QED) is 0.664. The number of nitrogens with one attached hydrogen (secondary N) is 1. The first-order chi connectivity index (χ1) is 15.9. The van der Waals surface area contributed by atoms with Crippen LogP contribution in [0.1, 0.15) is 50.2 Å². The summed E-state index contributed by atoms with van der Waals surface area (Å²) in [7, 11) is 0. The summed E-state index contributed by atoms with van der Waals surface area (Å²) in [4.78, 5) is 38.9. The summed E-state index contributed by atoms with van der Waals surface area (Å²) in [5, 5.41) is 12.3. The summed E-state index contributed by atoms with van der Waals surface area (Å²) >= 11 is 0. The minimum atomic E-state index is -1.01. The lowest BCUT2D eigenvalue weighted by molar-refractivity contribution is -0.150. The van der Waals surface area contributed by atoms with Crippen LogP contribution >= 0.6 is 0 Å². The molecule has 3 atom stereocenters. The van der Waals surface area contributed by atoms with Gasteiger partial charge in [-0.2, -0.15) is 0 Å². The smallest absolute Gasteiger partial charge is 0.407 e. The average Bonchev–Trinajstić information content (AvgIpc) is 3.35. The number of carbonyl (C=O) groups is 3. The number of ether oxygens (including phenoxy) is 1. The molecular formula is C26H30N2O5. The first-order valence-electron chi connectivity index (χ1n) is 11.6. The second kappa shape index (κ2) is 9.65. The Balaban J connectivity index is 1.43. The number of fused-ring (bicyclic) bond motifs is 3. The third-order valence-electron chi connectivity index (χ3n) is 6.75. The Morgan fingerprint density at radius 3 is 2.27 bits per heavy atom. The number of hydrogen-bond donors (Lipinski definition) is 2. The van der Waals surface area contributed by atoms with Crippen LogP contribution in [-0.4, -0.2) is 53.2 Å². The van der Waals surface area contributed by atoms with Crippen LogP contribution in [0.3, 0.4) is 0 Å². The number of carboxylic acid groups (broad SMARTS) is 1. The van der Waals surface area contributed by atoms with Gasteiger partial charge in [0, 0.05) is 12.5 Å². The van der Waals surface area contributed by atoms with Crippen molar-refractivity contribution in [2.45, 2.75) is 51.1 Å². The monoisotopic (exact) mass is 450 g/mol. The van der Waals surface area contributed by atoms with Crippen LogP contribution in [0.15, 0.2) is 48.5 Å². The second-order valence-corrected chi connectivity index (χ2v) is 8.89. The van der Waals surface area contributed by atoms with Gasteiger partial charge in [0.25, 0.3) is 0 Å². The summed E-state index contributed by atoms with van der Waals surface area (Å²) in [5.74, 6) is -1.56. The Labute approximate surface area is 193 Å². The van der Waals surface area contributed by atoms with Gasteiger partial charge in [-0.1, -0.05) is 68.8 Å². The van der Waals surface area contributed by atoms with Crippen LogP contribution in [0.4, 0.5) is 4.79 Å². The number of alkyl carbamates (subject to hydrolysis) is 1. The Bertz CT molecular complexity index is 1010. The molecule has 7 heteroatoms. The summed E-state index contributed by atoms with van der Waals surface area (Å²) in [6.45, 7) is 4.29. The lowest BCUT2D eigenvalue weighted by Crippen LogP contribution is -2.52. The number of amides is 2. The Morgan fingerprint density at radius 1 is 1.09 bits per heavy atom. The van der Waals surface area contributed by atoms with Crippen LogP contribution in [0.2, 0.25) is 0 Å². The van der Waals surface area contributed by atoms with E-state index in [0.29, 0.717) is 25.8 Å². The lowest BCUT2D eigenvalue weighted by Gasteiger charge is -2.28. The van der Waals surface area contributed by atoms with Gasteiger partial charge < -0.3 is 20.1 Å². The van der Waals surface area contributed by atoms with Gasteiger partial charge in [0.05, 0.1) is 0 Å². The number of benzene rings is 2. The van der Waals surface area contributed by atoms with Gasteiger partial charge in [-0.3, -0.25) is 4.79 Å². The summed E-state index contributed by atoms with van der Waals surface area (Å²) in [6, 6.07) is 14.5. The molecule has 2 aliphatic rings. The first kappa shape index (κ1) is 22.8. The molecule has 2 amide bonds. The van der Waals surface area contributed by atoms with E-state index in [1.54, 1.807) is 0 Å². The molecule has 0 radical (unpaired) electrons. The van der Waals surface area contributed by atoms with Crippen molar-refractivity contribution in [1.29, 1.82) is 0 Å². The molecule has 0 saturated carbocycles. The largest absolute Gasteiger partial charge is 0.480 e. The molecule has 1 saturated heterocycles. The molecule has 0 aromatic heterocycles. The van der Waals surface area contributed by atoms with E-state index in [-0.39, 0.29) is 24.3 Å². The highest BCUT2D eigenvalue weighted by molar-refractivity contribution is 5.90. The highest BCUT2D eigenvalue weighted by Gasteiger charge is 2.42. The number of hydrogen-bond acceptors (Lipinski definition) is 4. The zero-order chi connectivity index (χ0) is 23.5. The van der Waals surface area contributed by atoms with E-state index in [9.17, 15) is 19.5 Å². The maximum atomic E-state index is 13.1. The fourth-order valence-corrected chi connectivity index (χ4v) is 5.10. The minimum Gasteiger partial charge on any atom is -0.480 e. The molecular weight excluding hydrogens is 420 g/mol. The molecule has 1 aliphatic heterocycles. The van der Waals surface area contributed by atoms with Gasteiger partial charge in [0.2, 0.25) is 5.91 Å². The van der Waals surface area contributed by atoms with Gasteiger partial charge in [-0.15, -0.1) is 0 Å². The third kappa shape index (κ3) is 4.45. The molecule has 2 aromatic rings. The molecule has 2 aromatic carbocycles. The zero-order valence-corrected chi connectivity index (χ0v) is 19.0. The summed E-state index contributed by atoms with van der Waals surface area (Å²) in [5.41, 5.74) is 4.51. The van der Waals surface area contributed by atoms with E-state index < -0.39 is 24.1 Å². The Hall–Kier alpha value is -3.35. The number of rotatable bonds is 7. The fourth-order valence-electron chi connectivity index (χ4n) is 5.10. The van der Waals surface area contributed by atoms with Crippen molar-refractivity contribution >= 4 is 18.0 Å². The first-order valence-corrected chi connectivity index (χ1v) is 11.6. The van der Waals surface area contributed by atoms with Crippen molar-refractivity contribution in [2.24, 2.45) is 5.92 Å². The summed E-state index contributed by atoms with van der Waals surface area (Å²) in [6.07, 6.45) is 1.05. The van der Waals surface area contributed by atoms with Crippen molar-refractivity contribution in [3.8, 4) is 11.1 Å². The van der Waals surface area contributed by atoms with Gasteiger partial charge in [0.1, 0.15) is 18.7 Å². The number of aliphatic carboxylic acids is 1. The highest BCUT2D eigenvalue weighted by Crippen LogP contribution is 2.44. The van der Waals surface area contributed by atoms with Gasteiger partial charge >= 0.3 is 12.1 Å². The molecule has 4 rings (SSSR count). The SMILES string of the molecule is CCC[C@@H](NC(=O)OCC1c2ccccc2-c2ccccc21)C(=O)N1CCC(C)C1C(=O)O. The number of carboxylic acids is 1. The van der Waals surface area contributed by atoms with E-state index in [1.165, 1.54) is 4.90 Å². The van der Waals surface area contributed by atoms with E-state index in [1.807, 2.05) is 50.2 Å². The van der Waals surface area contributed by atoms with Crippen molar-refractivity contribution in [3.05, 3.63) is 59.7 Å². The second-order valence-electron chi connectivity index (χ2n) is 8.89. The summed E-state index contributed by atoms with van der Waals surface area (Å²) < 4.78 is 5.59. The van der Waals surface area contributed by atoms with Gasteiger partial charge in [0.15, 0.2) is 0 Å². The molecule has 1 aliphatic carbocycles. The average molecular weight is 451 g/mol. The van der Waals surface area contributed by atoms with Gasteiger partial charge in [-0.25, -0.2) is 9.59 Å². The molecule has 1 fully saturated rings. The normalized spacial score (nSPS) is 20.1. The van der Waals surface area contributed by atoms with Crippen LogP contribution in [0, 0.1) is 5.92 Å². The molecule has 2 unspecified atom stereocenters. The van der Waals surface area contributed by atoms with Crippen molar-refractivity contribution in [2.75, 3.05) is 13.2 Å². The number of nitrogens with zero attached hydrogens (tertiary/aromatic N) is 1. The van der Waals surface area contributed by atoms with Crippen LogP contribution in [0.25, 0.3) is 11.1 Å². The lowest BCUT2D eigenvalue weighted by atomic mass is 9.98. The topological polar surface area (TPSA) is 95.9 Å². The zero-order valence-electron chi connectivity index (χ0n) is 19.0. The minimum absolute atomic E-state index is 0.0701. The number of likely N-dealkylation sites (tertiary alicyclic amines) is 1. The van der Waals surface area contributed by atoms with Crippen LogP contribution in [0.5, 0.6) is 0 Å². The molecule has 33 heavy (non-hydrogen) atoms. The molecule has 0 spiro atoms. The molecule has 0 bridgehead atoms. The molecule has 2 N–H and O–H groups in total. The van der Waals surface area contributed by atoms with E-state index in [0.717, 1.165) is 22.3 Å².